The van der Waals surface area contributed by atoms with E-state index in [1.54, 1.807) is 0 Å². The van der Waals surface area contributed by atoms with Gasteiger partial charge in [0.15, 0.2) is 5.78 Å². The predicted molar refractivity (Wildman–Crippen MR) is 97.3 cm³/mol. The second-order valence-electron chi connectivity index (χ2n) is 9.51. The minimum atomic E-state index is -0.349. The summed E-state index contributed by atoms with van der Waals surface area (Å²) in [6.45, 7) is 7.89. The highest BCUT2D eigenvalue weighted by molar-refractivity contribution is 5.96. The molecule has 26 heavy (non-hydrogen) atoms. The van der Waals surface area contributed by atoms with Crippen molar-refractivity contribution in [3.63, 3.8) is 0 Å². The van der Waals surface area contributed by atoms with Crippen molar-refractivity contribution in [2.24, 2.45) is 28.6 Å². The Morgan fingerprint density at radius 1 is 1.08 bits per heavy atom. The van der Waals surface area contributed by atoms with Crippen molar-refractivity contribution >= 4 is 17.5 Å². The van der Waals surface area contributed by atoms with E-state index in [1.165, 1.54) is 12.5 Å². The number of carbonyl (C=O) groups is 3. The molecule has 3 saturated carbocycles. The maximum Gasteiger partial charge on any atom is 0.302 e. The molecule has 0 bridgehead atoms. The Bertz CT molecular complexity index is 720. The number of esters is 1. The first-order valence-electron chi connectivity index (χ1n) is 10.1. The third kappa shape index (κ3) is 2.30. The fraction of sp³-hybridized carbons (Fsp3) is 0.773. The Kier molecular flexibility index (Phi) is 3.98. The molecule has 4 nitrogen and oxygen atoms in total. The highest BCUT2D eigenvalue weighted by atomic mass is 16.5. The summed E-state index contributed by atoms with van der Waals surface area (Å²) in [6.07, 6.45) is 5.55. The van der Waals surface area contributed by atoms with Gasteiger partial charge < -0.3 is 4.74 Å². The number of allylic oxidation sites excluding steroid dienone is 1. The van der Waals surface area contributed by atoms with E-state index < -0.39 is 0 Å². The molecule has 0 saturated heterocycles. The quantitative estimate of drug-likeness (QED) is 0.664. The number of hydrogen-bond acceptors (Lipinski definition) is 4. The van der Waals surface area contributed by atoms with Crippen LogP contribution in [0.1, 0.15) is 72.6 Å². The second-order valence-corrected chi connectivity index (χ2v) is 9.51. The van der Waals surface area contributed by atoms with Gasteiger partial charge in [-0.15, -0.1) is 0 Å². The molecular formula is C22H30O4. The summed E-state index contributed by atoms with van der Waals surface area (Å²) in [5.41, 5.74) is 2.07. The van der Waals surface area contributed by atoms with Crippen LogP contribution in [-0.4, -0.2) is 23.6 Å². The Hall–Kier alpha value is -1.45. The van der Waals surface area contributed by atoms with Crippen molar-refractivity contribution in [2.75, 3.05) is 0 Å². The van der Waals surface area contributed by atoms with Crippen LogP contribution in [-0.2, 0) is 19.1 Å². The van der Waals surface area contributed by atoms with Crippen molar-refractivity contribution in [3.05, 3.63) is 11.1 Å². The van der Waals surface area contributed by atoms with Crippen LogP contribution in [0.3, 0.4) is 0 Å². The Morgan fingerprint density at radius 3 is 2.50 bits per heavy atom. The SMILES string of the molecule is CC(=O)O[C@H]1CC(=O)[C@@]2(C)CC[C@H]3[C@@H](CCC4=C(C)C(=O)CC[C@@]43C)[C@H]12. The Balaban J connectivity index is 1.73. The van der Waals surface area contributed by atoms with Gasteiger partial charge in [0.25, 0.3) is 0 Å². The molecule has 0 aromatic heterocycles. The second kappa shape index (κ2) is 5.77. The van der Waals surface area contributed by atoms with Crippen LogP contribution in [0.5, 0.6) is 0 Å². The predicted octanol–water partition coefficient (Wildman–Crippen LogP) is 4.02. The van der Waals surface area contributed by atoms with Crippen LogP contribution in [0.25, 0.3) is 0 Å². The summed E-state index contributed by atoms with van der Waals surface area (Å²) in [7, 11) is 0. The van der Waals surface area contributed by atoms with Crippen LogP contribution in [0, 0.1) is 28.6 Å². The van der Waals surface area contributed by atoms with Gasteiger partial charge in [0.05, 0.1) is 0 Å². The van der Waals surface area contributed by atoms with E-state index in [2.05, 4.69) is 13.8 Å². The number of hydrogen-bond donors (Lipinski definition) is 0. The van der Waals surface area contributed by atoms with Gasteiger partial charge in [-0.1, -0.05) is 19.4 Å². The number of fused-ring (bicyclic) bond motifs is 5. The van der Waals surface area contributed by atoms with Gasteiger partial charge in [-0.3, -0.25) is 14.4 Å². The molecule has 4 aliphatic carbocycles. The molecule has 0 unspecified atom stereocenters. The van der Waals surface area contributed by atoms with Gasteiger partial charge in [0.2, 0.25) is 0 Å². The normalized spacial score (nSPS) is 45.1. The lowest BCUT2D eigenvalue weighted by Gasteiger charge is -2.57. The van der Waals surface area contributed by atoms with Gasteiger partial charge in [-0.25, -0.2) is 0 Å². The van der Waals surface area contributed by atoms with Crippen LogP contribution in [0.4, 0.5) is 0 Å². The molecule has 0 aromatic carbocycles. The summed E-state index contributed by atoms with van der Waals surface area (Å²) in [5.74, 6) is 1.32. The standard InChI is InChI=1S/C22H30O4/c1-12-15-6-5-14-16(21(15,3)10-8-17(12)24)7-9-22(4)19(25)11-18(20(14)22)26-13(2)23/h14,16,18,20H,5-11H2,1-4H3/t14-,16+,18+,20-,21+,22-/m1/s1. The third-order valence-corrected chi connectivity index (χ3v) is 8.41. The van der Waals surface area contributed by atoms with E-state index in [9.17, 15) is 14.4 Å². The molecule has 4 heteroatoms. The fourth-order valence-corrected chi connectivity index (χ4v) is 7.11. The smallest absolute Gasteiger partial charge is 0.302 e. The van der Waals surface area contributed by atoms with Crippen molar-refractivity contribution in [3.8, 4) is 0 Å². The highest BCUT2D eigenvalue weighted by Gasteiger charge is 2.63. The molecule has 142 valence electrons. The number of ether oxygens (including phenoxy) is 1. The number of rotatable bonds is 1. The molecule has 0 aromatic rings. The van der Waals surface area contributed by atoms with Crippen molar-refractivity contribution in [1.29, 1.82) is 0 Å². The lowest BCUT2D eigenvalue weighted by Crippen LogP contribution is -2.53. The Labute approximate surface area is 155 Å². The molecule has 3 fully saturated rings. The minimum Gasteiger partial charge on any atom is -0.462 e. The van der Waals surface area contributed by atoms with Crippen LogP contribution >= 0.6 is 0 Å². The molecule has 0 heterocycles. The zero-order valence-corrected chi connectivity index (χ0v) is 16.4. The van der Waals surface area contributed by atoms with E-state index in [0.717, 1.165) is 37.7 Å². The van der Waals surface area contributed by atoms with Crippen LogP contribution in [0.2, 0.25) is 0 Å². The summed E-state index contributed by atoms with van der Waals surface area (Å²) in [5, 5.41) is 0. The average molecular weight is 358 g/mol. The summed E-state index contributed by atoms with van der Waals surface area (Å²) in [6, 6.07) is 0. The average Bonchev–Trinajstić information content (AvgIpc) is 2.81. The summed E-state index contributed by atoms with van der Waals surface area (Å²) >= 11 is 0. The minimum absolute atomic E-state index is 0.0641. The van der Waals surface area contributed by atoms with Gasteiger partial charge in [-0.05, 0) is 61.9 Å². The molecule has 6 atom stereocenters. The molecule has 0 aliphatic heterocycles. The van der Waals surface area contributed by atoms with Gasteiger partial charge in [0.1, 0.15) is 11.9 Å². The first-order chi connectivity index (χ1) is 12.2. The lowest BCUT2D eigenvalue weighted by molar-refractivity contribution is -0.156. The number of Topliss-reactive ketones (excluding diaryl/α,β-unsaturated/α-hetero) is 2. The zero-order valence-electron chi connectivity index (χ0n) is 16.4. The van der Waals surface area contributed by atoms with Gasteiger partial charge in [0, 0.05) is 31.1 Å². The molecule has 4 rings (SSSR count). The first kappa shape index (κ1) is 17.9. The zero-order chi connectivity index (χ0) is 18.9. The first-order valence-corrected chi connectivity index (χ1v) is 10.1. The highest BCUT2D eigenvalue weighted by Crippen LogP contribution is 2.65. The van der Waals surface area contributed by atoms with Crippen LogP contribution in [0.15, 0.2) is 11.1 Å². The monoisotopic (exact) mass is 358 g/mol. The number of ketones is 2. The van der Waals surface area contributed by atoms with Crippen molar-refractivity contribution in [1.82, 2.24) is 0 Å². The van der Waals surface area contributed by atoms with Crippen LogP contribution < -0.4 is 0 Å². The molecular weight excluding hydrogens is 328 g/mol. The van der Waals surface area contributed by atoms with E-state index in [4.69, 9.17) is 4.74 Å². The van der Waals surface area contributed by atoms with E-state index in [-0.39, 0.29) is 34.6 Å². The van der Waals surface area contributed by atoms with E-state index >= 15 is 0 Å². The van der Waals surface area contributed by atoms with Gasteiger partial charge in [-0.2, -0.15) is 0 Å². The Morgan fingerprint density at radius 2 is 1.81 bits per heavy atom. The molecule has 4 aliphatic rings. The fourth-order valence-electron chi connectivity index (χ4n) is 7.11. The van der Waals surface area contributed by atoms with Crippen molar-refractivity contribution < 1.29 is 19.1 Å². The maximum atomic E-state index is 12.8. The topological polar surface area (TPSA) is 60.4 Å². The third-order valence-electron chi connectivity index (χ3n) is 8.41. The van der Waals surface area contributed by atoms with Gasteiger partial charge >= 0.3 is 5.97 Å². The molecule has 0 spiro atoms. The number of carbonyl (C=O) groups excluding carboxylic acids is 3. The molecule has 0 amide bonds. The largest absolute Gasteiger partial charge is 0.462 e. The summed E-state index contributed by atoms with van der Waals surface area (Å²) in [4.78, 5) is 36.7. The maximum absolute atomic E-state index is 12.8. The van der Waals surface area contributed by atoms with E-state index in [0.29, 0.717) is 30.5 Å². The van der Waals surface area contributed by atoms with E-state index in [1.807, 2.05) is 6.92 Å². The lowest BCUT2D eigenvalue weighted by atomic mass is 9.46. The molecule has 0 N–H and O–H groups in total. The van der Waals surface area contributed by atoms with Crippen molar-refractivity contribution in [2.45, 2.75) is 78.7 Å². The molecule has 0 radical (unpaired) electrons. The summed E-state index contributed by atoms with van der Waals surface area (Å²) < 4.78 is 5.65.